The van der Waals surface area contributed by atoms with Gasteiger partial charge < -0.3 is 14.8 Å². The zero-order valence-electron chi connectivity index (χ0n) is 13.9. The standard InChI is InChI=1S/C18H20N4O2/c1-12-13(2)21-22-18(17(12)10-19)20-14-5-7-15(8-6-14)24-11-16-4-3-9-23-16/h5-8,16H,3-4,9,11H2,1-2H3,(H,20,22)/t16-/m1/s1. The minimum Gasteiger partial charge on any atom is -0.491 e. The van der Waals surface area contributed by atoms with Gasteiger partial charge in [-0.05, 0) is 56.5 Å². The van der Waals surface area contributed by atoms with Crippen LogP contribution < -0.4 is 10.1 Å². The fourth-order valence-electron chi connectivity index (χ4n) is 2.57. The quantitative estimate of drug-likeness (QED) is 0.909. The van der Waals surface area contributed by atoms with Gasteiger partial charge in [0.1, 0.15) is 24.0 Å². The molecule has 0 bridgehead atoms. The Labute approximate surface area is 141 Å². The molecule has 1 aliphatic rings. The third kappa shape index (κ3) is 3.63. The summed E-state index contributed by atoms with van der Waals surface area (Å²) in [5, 5.41) is 20.6. The van der Waals surface area contributed by atoms with Gasteiger partial charge in [-0.15, -0.1) is 5.10 Å². The van der Waals surface area contributed by atoms with E-state index < -0.39 is 0 Å². The predicted octanol–water partition coefficient (Wildman–Crippen LogP) is 3.27. The van der Waals surface area contributed by atoms with Gasteiger partial charge >= 0.3 is 0 Å². The van der Waals surface area contributed by atoms with Crippen LogP contribution in [0.3, 0.4) is 0 Å². The van der Waals surface area contributed by atoms with Crippen molar-refractivity contribution in [2.45, 2.75) is 32.8 Å². The molecule has 1 atom stereocenters. The lowest BCUT2D eigenvalue weighted by atomic mass is 10.1. The molecule has 1 N–H and O–H groups in total. The van der Waals surface area contributed by atoms with Gasteiger partial charge in [-0.25, -0.2) is 0 Å². The summed E-state index contributed by atoms with van der Waals surface area (Å²) in [6.45, 7) is 5.12. The van der Waals surface area contributed by atoms with Crippen LogP contribution in [0.15, 0.2) is 24.3 Å². The van der Waals surface area contributed by atoms with Crippen molar-refractivity contribution >= 4 is 11.5 Å². The molecule has 1 aromatic carbocycles. The van der Waals surface area contributed by atoms with E-state index in [4.69, 9.17) is 9.47 Å². The topological polar surface area (TPSA) is 80.1 Å². The first-order valence-corrected chi connectivity index (χ1v) is 8.03. The number of hydrogen-bond donors (Lipinski definition) is 1. The molecule has 1 saturated heterocycles. The Morgan fingerprint density at radius 2 is 2.08 bits per heavy atom. The molecule has 0 saturated carbocycles. The van der Waals surface area contributed by atoms with Gasteiger partial charge in [-0.3, -0.25) is 0 Å². The average molecular weight is 324 g/mol. The molecule has 1 aromatic heterocycles. The first-order chi connectivity index (χ1) is 11.7. The van der Waals surface area contributed by atoms with Gasteiger partial charge in [0, 0.05) is 12.3 Å². The maximum atomic E-state index is 9.33. The fraction of sp³-hybridized carbons (Fsp3) is 0.389. The Hall–Kier alpha value is -2.65. The van der Waals surface area contributed by atoms with Crippen LogP contribution in [-0.4, -0.2) is 29.5 Å². The van der Waals surface area contributed by atoms with Gasteiger partial charge in [0.2, 0.25) is 0 Å². The first-order valence-electron chi connectivity index (χ1n) is 8.03. The van der Waals surface area contributed by atoms with Gasteiger partial charge in [-0.1, -0.05) is 0 Å². The monoisotopic (exact) mass is 324 g/mol. The first kappa shape index (κ1) is 16.2. The van der Waals surface area contributed by atoms with E-state index in [0.717, 1.165) is 42.1 Å². The third-order valence-electron chi connectivity index (χ3n) is 4.14. The zero-order chi connectivity index (χ0) is 16.9. The van der Waals surface area contributed by atoms with Crippen molar-refractivity contribution in [1.29, 1.82) is 5.26 Å². The largest absolute Gasteiger partial charge is 0.491 e. The third-order valence-corrected chi connectivity index (χ3v) is 4.14. The van der Waals surface area contributed by atoms with Crippen molar-refractivity contribution in [3.63, 3.8) is 0 Å². The average Bonchev–Trinajstić information content (AvgIpc) is 3.11. The molecular formula is C18H20N4O2. The molecule has 124 valence electrons. The van der Waals surface area contributed by atoms with E-state index in [0.29, 0.717) is 18.0 Å². The van der Waals surface area contributed by atoms with Crippen LogP contribution in [0, 0.1) is 25.2 Å². The number of anilines is 2. The van der Waals surface area contributed by atoms with E-state index >= 15 is 0 Å². The Balaban J connectivity index is 1.66. The van der Waals surface area contributed by atoms with Crippen molar-refractivity contribution in [3.8, 4) is 11.8 Å². The van der Waals surface area contributed by atoms with Crippen molar-refractivity contribution in [1.82, 2.24) is 10.2 Å². The molecule has 3 rings (SSSR count). The smallest absolute Gasteiger partial charge is 0.171 e. The normalized spacial score (nSPS) is 16.6. The van der Waals surface area contributed by atoms with Crippen LogP contribution in [0.5, 0.6) is 5.75 Å². The van der Waals surface area contributed by atoms with Crippen molar-refractivity contribution < 1.29 is 9.47 Å². The maximum absolute atomic E-state index is 9.33. The Bertz CT molecular complexity index is 747. The minimum absolute atomic E-state index is 0.201. The van der Waals surface area contributed by atoms with Crippen LogP contribution in [0.2, 0.25) is 0 Å². The summed E-state index contributed by atoms with van der Waals surface area (Å²) in [6, 6.07) is 9.74. The molecule has 0 radical (unpaired) electrons. The highest BCUT2D eigenvalue weighted by Gasteiger charge is 2.16. The van der Waals surface area contributed by atoms with E-state index in [-0.39, 0.29) is 6.10 Å². The van der Waals surface area contributed by atoms with E-state index in [1.165, 1.54) is 0 Å². The van der Waals surface area contributed by atoms with Crippen LogP contribution in [-0.2, 0) is 4.74 Å². The van der Waals surface area contributed by atoms with Crippen LogP contribution >= 0.6 is 0 Å². The van der Waals surface area contributed by atoms with Gasteiger partial charge in [0.15, 0.2) is 5.82 Å². The number of aromatic nitrogens is 2. The molecule has 2 aromatic rings. The number of nitrogens with zero attached hydrogens (tertiary/aromatic N) is 3. The Morgan fingerprint density at radius 3 is 2.75 bits per heavy atom. The molecular weight excluding hydrogens is 304 g/mol. The molecule has 0 spiro atoms. The highest BCUT2D eigenvalue weighted by Crippen LogP contribution is 2.23. The molecule has 6 heteroatoms. The summed E-state index contributed by atoms with van der Waals surface area (Å²) in [6.07, 6.45) is 2.36. The summed E-state index contributed by atoms with van der Waals surface area (Å²) in [4.78, 5) is 0. The molecule has 6 nitrogen and oxygen atoms in total. The number of hydrogen-bond acceptors (Lipinski definition) is 6. The fourth-order valence-corrected chi connectivity index (χ4v) is 2.57. The summed E-state index contributed by atoms with van der Waals surface area (Å²) in [5.41, 5.74) is 2.94. The second-order valence-electron chi connectivity index (χ2n) is 5.84. The van der Waals surface area contributed by atoms with E-state index in [1.807, 2.05) is 38.1 Å². The summed E-state index contributed by atoms with van der Waals surface area (Å²) >= 11 is 0. The molecule has 2 heterocycles. The van der Waals surface area contributed by atoms with Crippen LogP contribution in [0.4, 0.5) is 11.5 Å². The highest BCUT2D eigenvalue weighted by atomic mass is 16.5. The maximum Gasteiger partial charge on any atom is 0.171 e. The van der Waals surface area contributed by atoms with E-state index in [1.54, 1.807) is 0 Å². The Kier molecular flexibility index (Phi) is 4.92. The number of aryl methyl sites for hydroxylation is 1. The molecule has 0 amide bonds. The number of nitrogens with one attached hydrogen (secondary N) is 1. The van der Waals surface area contributed by atoms with Crippen molar-refractivity contribution in [3.05, 3.63) is 41.1 Å². The highest BCUT2D eigenvalue weighted by molar-refractivity contribution is 5.64. The lowest BCUT2D eigenvalue weighted by Crippen LogP contribution is -2.16. The second-order valence-corrected chi connectivity index (χ2v) is 5.84. The molecule has 24 heavy (non-hydrogen) atoms. The van der Waals surface area contributed by atoms with Crippen LogP contribution in [0.1, 0.15) is 29.7 Å². The van der Waals surface area contributed by atoms with Crippen molar-refractivity contribution in [2.24, 2.45) is 0 Å². The van der Waals surface area contributed by atoms with Gasteiger partial charge in [0.25, 0.3) is 0 Å². The summed E-state index contributed by atoms with van der Waals surface area (Å²) < 4.78 is 11.3. The summed E-state index contributed by atoms with van der Waals surface area (Å²) in [7, 11) is 0. The molecule has 1 fully saturated rings. The summed E-state index contributed by atoms with van der Waals surface area (Å²) in [5.74, 6) is 1.26. The van der Waals surface area contributed by atoms with Crippen LogP contribution in [0.25, 0.3) is 0 Å². The molecule has 1 aliphatic heterocycles. The SMILES string of the molecule is Cc1nnc(Nc2ccc(OC[C@H]3CCCO3)cc2)c(C#N)c1C. The lowest BCUT2D eigenvalue weighted by Gasteiger charge is -2.12. The number of rotatable bonds is 5. The lowest BCUT2D eigenvalue weighted by molar-refractivity contribution is 0.0679. The Morgan fingerprint density at radius 1 is 1.29 bits per heavy atom. The van der Waals surface area contributed by atoms with Gasteiger partial charge in [0.05, 0.1) is 11.8 Å². The minimum atomic E-state index is 0.201. The predicted molar refractivity (Wildman–Crippen MR) is 90.4 cm³/mol. The van der Waals surface area contributed by atoms with E-state index in [9.17, 15) is 5.26 Å². The number of benzene rings is 1. The molecule has 0 unspecified atom stereocenters. The number of ether oxygens (including phenoxy) is 2. The number of nitriles is 1. The second kappa shape index (κ2) is 7.28. The zero-order valence-corrected chi connectivity index (χ0v) is 13.9. The van der Waals surface area contributed by atoms with Gasteiger partial charge in [-0.2, -0.15) is 10.4 Å². The van der Waals surface area contributed by atoms with E-state index in [2.05, 4.69) is 21.6 Å². The molecule has 0 aliphatic carbocycles. The van der Waals surface area contributed by atoms with Crippen molar-refractivity contribution in [2.75, 3.05) is 18.5 Å².